The molecule has 25 heavy (non-hydrogen) atoms. The predicted molar refractivity (Wildman–Crippen MR) is 105 cm³/mol. The molecule has 2 aromatic rings. The van der Waals surface area contributed by atoms with Crippen molar-refractivity contribution in [2.75, 3.05) is 25.0 Å². The molecule has 0 saturated carbocycles. The lowest BCUT2D eigenvalue weighted by Crippen LogP contribution is -2.38. The van der Waals surface area contributed by atoms with E-state index in [0.717, 1.165) is 30.8 Å². The highest BCUT2D eigenvalue weighted by molar-refractivity contribution is 5.95. The number of amides is 1. The highest BCUT2D eigenvalue weighted by Crippen LogP contribution is 2.35. The Kier molecular flexibility index (Phi) is 6.59. The van der Waals surface area contributed by atoms with Crippen LogP contribution in [0.4, 0.5) is 5.69 Å². The summed E-state index contributed by atoms with van der Waals surface area (Å²) in [7, 11) is 0. The summed E-state index contributed by atoms with van der Waals surface area (Å²) >= 11 is 0. The Morgan fingerprint density at radius 3 is 2.32 bits per heavy atom. The largest absolute Gasteiger partial charge is 0.330 e. The fourth-order valence-corrected chi connectivity index (χ4v) is 3.34. The third-order valence-electron chi connectivity index (χ3n) is 4.85. The lowest BCUT2D eigenvalue weighted by Gasteiger charge is -2.29. The summed E-state index contributed by atoms with van der Waals surface area (Å²) in [6, 6.07) is 19.3. The van der Waals surface area contributed by atoms with Gasteiger partial charge in [0, 0.05) is 12.2 Å². The molecule has 2 unspecified atom stereocenters. The van der Waals surface area contributed by atoms with E-state index in [1.807, 2.05) is 60.7 Å². The van der Waals surface area contributed by atoms with Gasteiger partial charge in [0.2, 0.25) is 5.91 Å². The van der Waals surface area contributed by atoms with Crippen LogP contribution in [0.1, 0.15) is 24.9 Å². The summed E-state index contributed by atoms with van der Waals surface area (Å²) in [5.41, 5.74) is 7.87. The van der Waals surface area contributed by atoms with E-state index in [4.69, 9.17) is 5.73 Å². The van der Waals surface area contributed by atoms with E-state index in [2.05, 4.69) is 17.1 Å². The summed E-state index contributed by atoms with van der Waals surface area (Å²) in [5, 5.41) is 3.05. The number of para-hydroxylation sites is 1. The van der Waals surface area contributed by atoms with Crippen LogP contribution >= 0.6 is 12.4 Å². The number of likely N-dealkylation sites (tertiary alicyclic amines) is 1. The SMILES string of the molecule is CC1(CN)CCN(C(C(=O)Nc2ccccc2)c2ccccc2)C1.Cl. The molecule has 2 atom stereocenters. The van der Waals surface area contributed by atoms with Gasteiger partial charge in [0.15, 0.2) is 0 Å². The molecular formula is C20H26ClN3O. The van der Waals surface area contributed by atoms with Crippen molar-refractivity contribution in [3.63, 3.8) is 0 Å². The van der Waals surface area contributed by atoms with Gasteiger partial charge in [0.1, 0.15) is 6.04 Å². The minimum atomic E-state index is -0.292. The second-order valence-corrected chi connectivity index (χ2v) is 6.90. The first-order chi connectivity index (χ1) is 11.6. The number of nitrogens with two attached hydrogens (primary N) is 1. The second-order valence-electron chi connectivity index (χ2n) is 6.90. The van der Waals surface area contributed by atoms with E-state index in [0.29, 0.717) is 6.54 Å². The van der Waals surface area contributed by atoms with Gasteiger partial charge in [0.25, 0.3) is 0 Å². The van der Waals surface area contributed by atoms with Crippen LogP contribution in [0, 0.1) is 5.41 Å². The third-order valence-corrected chi connectivity index (χ3v) is 4.85. The van der Waals surface area contributed by atoms with Gasteiger partial charge in [-0.1, -0.05) is 55.5 Å². The number of anilines is 1. The van der Waals surface area contributed by atoms with Gasteiger partial charge in [-0.2, -0.15) is 0 Å². The first kappa shape index (κ1) is 19.4. The van der Waals surface area contributed by atoms with Crippen molar-refractivity contribution in [2.24, 2.45) is 11.1 Å². The molecule has 3 rings (SSSR count). The van der Waals surface area contributed by atoms with Gasteiger partial charge < -0.3 is 11.1 Å². The molecule has 134 valence electrons. The van der Waals surface area contributed by atoms with Crippen molar-refractivity contribution in [3.05, 3.63) is 66.2 Å². The minimum absolute atomic E-state index is 0. The zero-order valence-corrected chi connectivity index (χ0v) is 15.3. The van der Waals surface area contributed by atoms with Crippen molar-refractivity contribution < 1.29 is 4.79 Å². The van der Waals surface area contributed by atoms with Crippen molar-refractivity contribution in [1.82, 2.24) is 4.90 Å². The van der Waals surface area contributed by atoms with E-state index >= 15 is 0 Å². The predicted octanol–water partition coefficient (Wildman–Crippen LogP) is 3.46. The summed E-state index contributed by atoms with van der Waals surface area (Å²) in [4.78, 5) is 15.3. The smallest absolute Gasteiger partial charge is 0.246 e. The monoisotopic (exact) mass is 359 g/mol. The van der Waals surface area contributed by atoms with Crippen molar-refractivity contribution >= 4 is 24.0 Å². The van der Waals surface area contributed by atoms with Gasteiger partial charge in [-0.25, -0.2) is 0 Å². The Balaban J connectivity index is 0.00000225. The lowest BCUT2D eigenvalue weighted by atomic mass is 9.90. The fraction of sp³-hybridized carbons (Fsp3) is 0.350. The number of hydrogen-bond acceptors (Lipinski definition) is 3. The number of nitrogens with one attached hydrogen (secondary N) is 1. The Morgan fingerprint density at radius 2 is 1.76 bits per heavy atom. The molecule has 3 N–H and O–H groups in total. The molecule has 4 nitrogen and oxygen atoms in total. The van der Waals surface area contributed by atoms with Crippen LogP contribution in [0.3, 0.4) is 0 Å². The Bertz CT molecular complexity index is 680. The molecule has 1 saturated heterocycles. The third kappa shape index (κ3) is 4.60. The highest BCUT2D eigenvalue weighted by atomic mass is 35.5. The first-order valence-corrected chi connectivity index (χ1v) is 8.46. The average Bonchev–Trinajstić information content (AvgIpc) is 2.99. The van der Waals surface area contributed by atoms with Crippen LogP contribution in [-0.4, -0.2) is 30.4 Å². The van der Waals surface area contributed by atoms with Crippen LogP contribution in [0.2, 0.25) is 0 Å². The van der Waals surface area contributed by atoms with E-state index < -0.39 is 0 Å². The first-order valence-electron chi connectivity index (χ1n) is 8.46. The van der Waals surface area contributed by atoms with Gasteiger partial charge in [-0.15, -0.1) is 12.4 Å². The average molecular weight is 360 g/mol. The van der Waals surface area contributed by atoms with E-state index in [1.165, 1.54) is 0 Å². The maximum atomic E-state index is 13.0. The summed E-state index contributed by atoms with van der Waals surface area (Å²) in [6.45, 7) is 4.57. The molecule has 0 aromatic heterocycles. The van der Waals surface area contributed by atoms with Crippen LogP contribution in [0.5, 0.6) is 0 Å². The van der Waals surface area contributed by atoms with Gasteiger partial charge in [-0.05, 0) is 42.6 Å². The van der Waals surface area contributed by atoms with Crippen molar-refractivity contribution in [2.45, 2.75) is 19.4 Å². The van der Waals surface area contributed by atoms with E-state index in [9.17, 15) is 4.79 Å². The maximum absolute atomic E-state index is 13.0. The van der Waals surface area contributed by atoms with E-state index in [-0.39, 0.29) is 29.8 Å². The summed E-state index contributed by atoms with van der Waals surface area (Å²) in [5.74, 6) is 0.00803. The molecular weight excluding hydrogens is 334 g/mol. The fourth-order valence-electron chi connectivity index (χ4n) is 3.34. The maximum Gasteiger partial charge on any atom is 0.246 e. The second kappa shape index (κ2) is 8.48. The molecule has 0 bridgehead atoms. The number of carbonyl (C=O) groups excluding carboxylic acids is 1. The van der Waals surface area contributed by atoms with E-state index in [1.54, 1.807) is 0 Å². The molecule has 5 heteroatoms. The molecule has 1 aliphatic rings. The van der Waals surface area contributed by atoms with Gasteiger partial charge >= 0.3 is 0 Å². The molecule has 1 fully saturated rings. The molecule has 1 aliphatic heterocycles. The van der Waals surface area contributed by atoms with Crippen molar-refractivity contribution in [1.29, 1.82) is 0 Å². The zero-order chi connectivity index (χ0) is 17.0. The zero-order valence-electron chi connectivity index (χ0n) is 14.5. The summed E-state index contributed by atoms with van der Waals surface area (Å²) in [6.07, 6.45) is 1.02. The number of benzene rings is 2. The minimum Gasteiger partial charge on any atom is -0.330 e. The normalized spacial score (nSPS) is 21.4. The van der Waals surface area contributed by atoms with Crippen LogP contribution < -0.4 is 11.1 Å². The number of halogens is 1. The Labute approximate surface area is 155 Å². The van der Waals surface area contributed by atoms with Crippen molar-refractivity contribution in [3.8, 4) is 0 Å². The van der Waals surface area contributed by atoms with Crippen LogP contribution in [-0.2, 0) is 4.79 Å². The molecule has 0 spiro atoms. The van der Waals surface area contributed by atoms with Crippen LogP contribution in [0.15, 0.2) is 60.7 Å². The van der Waals surface area contributed by atoms with Gasteiger partial charge in [-0.3, -0.25) is 9.69 Å². The standard InChI is InChI=1S/C20H25N3O.ClH/c1-20(14-21)12-13-23(15-20)18(16-8-4-2-5-9-16)19(24)22-17-10-6-3-7-11-17;/h2-11,18H,12-15,21H2,1H3,(H,22,24);1H. The summed E-state index contributed by atoms with van der Waals surface area (Å²) < 4.78 is 0. The Hall–Kier alpha value is -1.88. The molecule has 1 heterocycles. The number of rotatable bonds is 5. The number of hydrogen-bond donors (Lipinski definition) is 2. The number of carbonyl (C=O) groups is 1. The highest BCUT2D eigenvalue weighted by Gasteiger charge is 2.38. The molecule has 0 radical (unpaired) electrons. The quantitative estimate of drug-likeness (QED) is 0.859. The molecule has 2 aromatic carbocycles. The van der Waals surface area contributed by atoms with Gasteiger partial charge in [0.05, 0.1) is 0 Å². The number of nitrogens with zero attached hydrogens (tertiary/aromatic N) is 1. The molecule has 1 amide bonds. The molecule has 0 aliphatic carbocycles. The van der Waals surface area contributed by atoms with Crippen LogP contribution in [0.25, 0.3) is 0 Å². The lowest BCUT2D eigenvalue weighted by molar-refractivity contribution is -0.121. The topological polar surface area (TPSA) is 58.4 Å². The Morgan fingerprint density at radius 1 is 1.16 bits per heavy atom.